The molecule has 0 aliphatic heterocycles. The molecule has 0 aromatic carbocycles. The average molecular weight is 276 g/mol. The number of nitrogens with two attached hydrogens (primary N) is 1. The van der Waals surface area contributed by atoms with Gasteiger partial charge in [-0.2, -0.15) is 10.2 Å². The van der Waals surface area contributed by atoms with Crippen LogP contribution in [0.4, 0.5) is 5.69 Å². The maximum Gasteiger partial charge on any atom is 0.271 e. The van der Waals surface area contributed by atoms with E-state index in [1.807, 2.05) is 13.0 Å². The number of carbonyl (C=O) groups excluding carboxylic acids is 2. The van der Waals surface area contributed by atoms with Gasteiger partial charge in [0.25, 0.3) is 5.91 Å². The topological polar surface area (TPSA) is 108 Å². The van der Waals surface area contributed by atoms with Gasteiger partial charge in [0.2, 0.25) is 5.91 Å². The first-order valence-corrected chi connectivity index (χ1v) is 6.04. The fraction of sp³-hybridized carbons (Fsp3) is 0.333. The number of hydrogen-bond donors (Lipinski definition) is 2. The van der Waals surface area contributed by atoms with E-state index in [9.17, 15) is 9.59 Å². The molecule has 8 nitrogen and oxygen atoms in total. The van der Waals surface area contributed by atoms with Crippen LogP contribution < -0.4 is 11.1 Å². The van der Waals surface area contributed by atoms with E-state index >= 15 is 0 Å². The van der Waals surface area contributed by atoms with Crippen LogP contribution in [0, 0.1) is 6.92 Å². The van der Waals surface area contributed by atoms with Crippen molar-refractivity contribution in [2.45, 2.75) is 19.9 Å². The average Bonchev–Trinajstić information content (AvgIpc) is 2.94. The van der Waals surface area contributed by atoms with Gasteiger partial charge in [-0.3, -0.25) is 19.0 Å². The monoisotopic (exact) mass is 276 g/mol. The minimum absolute atomic E-state index is 0.0321. The Morgan fingerprint density at radius 3 is 2.65 bits per heavy atom. The minimum Gasteiger partial charge on any atom is -0.364 e. The highest BCUT2D eigenvalue weighted by Crippen LogP contribution is 2.15. The molecule has 0 radical (unpaired) electrons. The molecule has 0 saturated carbocycles. The summed E-state index contributed by atoms with van der Waals surface area (Å²) < 4.78 is 2.96. The normalized spacial score (nSPS) is 12.2. The van der Waals surface area contributed by atoms with Crippen LogP contribution in [-0.4, -0.2) is 31.4 Å². The van der Waals surface area contributed by atoms with Crippen molar-refractivity contribution in [2.24, 2.45) is 12.8 Å². The lowest BCUT2D eigenvalue weighted by Gasteiger charge is -2.12. The standard InChI is InChI=1S/C12H16N6O2/c1-7-4-5-18(15-7)8(2)12(20)14-9-6-17(3)16-10(9)11(13)19/h4-6,8H,1-3H3,(H2,13,19)(H,14,20)/t8-/m1/s1. The predicted molar refractivity (Wildman–Crippen MR) is 72.0 cm³/mol. The zero-order chi connectivity index (χ0) is 14.9. The molecule has 2 amide bonds. The Labute approximate surface area is 115 Å². The molecule has 0 bridgehead atoms. The fourth-order valence-corrected chi connectivity index (χ4v) is 1.77. The molecule has 1 atom stereocenters. The van der Waals surface area contributed by atoms with E-state index < -0.39 is 11.9 Å². The number of rotatable bonds is 4. The number of hydrogen-bond acceptors (Lipinski definition) is 4. The molecular weight excluding hydrogens is 260 g/mol. The molecule has 0 spiro atoms. The number of aromatic nitrogens is 4. The first-order chi connectivity index (χ1) is 9.38. The van der Waals surface area contributed by atoms with Gasteiger partial charge in [0.05, 0.1) is 11.4 Å². The molecule has 8 heteroatoms. The molecule has 2 rings (SSSR count). The second-order valence-electron chi connectivity index (χ2n) is 4.53. The van der Waals surface area contributed by atoms with Crippen LogP contribution in [0.5, 0.6) is 0 Å². The number of anilines is 1. The number of amides is 2. The number of nitrogens with zero attached hydrogens (tertiary/aromatic N) is 4. The first-order valence-electron chi connectivity index (χ1n) is 6.04. The largest absolute Gasteiger partial charge is 0.364 e. The molecule has 2 aromatic heterocycles. The zero-order valence-electron chi connectivity index (χ0n) is 11.5. The zero-order valence-corrected chi connectivity index (χ0v) is 11.5. The van der Waals surface area contributed by atoms with Crippen molar-refractivity contribution in [1.29, 1.82) is 0 Å². The van der Waals surface area contributed by atoms with Crippen molar-refractivity contribution in [1.82, 2.24) is 19.6 Å². The quantitative estimate of drug-likeness (QED) is 0.832. The van der Waals surface area contributed by atoms with E-state index in [0.717, 1.165) is 5.69 Å². The van der Waals surface area contributed by atoms with E-state index in [-0.39, 0.29) is 11.6 Å². The molecule has 20 heavy (non-hydrogen) atoms. The van der Waals surface area contributed by atoms with E-state index in [1.165, 1.54) is 10.9 Å². The Hall–Kier alpha value is -2.64. The van der Waals surface area contributed by atoms with E-state index in [1.54, 1.807) is 24.9 Å². The lowest BCUT2D eigenvalue weighted by Crippen LogP contribution is -2.25. The van der Waals surface area contributed by atoms with Crippen LogP contribution in [0.2, 0.25) is 0 Å². The number of aryl methyl sites for hydroxylation is 2. The van der Waals surface area contributed by atoms with Crippen molar-refractivity contribution < 1.29 is 9.59 Å². The maximum atomic E-state index is 12.1. The van der Waals surface area contributed by atoms with Crippen molar-refractivity contribution in [3.8, 4) is 0 Å². The molecule has 3 N–H and O–H groups in total. The molecule has 2 heterocycles. The second kappa shape index (κ2) is 5.16. The molecule has 0 aliphatic carbocycles. The van der Waals surface area contributed by atoms with E-state index in [0.29, 0.717) is 5.69 Å². The third-order valence-electron chi connectivity index (χ3n) is 2.84. The van der Waals surface area contributed by atoms with Gasteiger partial charge >= 0.3 is 0 Å². The Morgan fingerprint density at radius 2 is 2.10 bits per heavy atom. The Kier molecular flexibility index (Phi) is 3.55. The van der Waals surface area contributed by atoms with Gasteiger partial charge in [-0.15, -0.1) is 0 Å². The van der Waals surface area contributed by atoms with Gasteiger partial charge in [-0.05, 0) is 19.9 Å². The van der Waals surface area contributed by atoms with Crippen LogP contribution in [0.1, 0.15) is 29.1 Å². The van der Waals surface area contributed by atoms with Crippen molar-refractivity contribution >= 4 is 17.5 Å². The van der Waals surface area contributed by atoms with Gasteiger partial charge in [-0.25, -0.2) is 0 Å². The molecular formula is C12H16N6O2. The summed E-state index contributed by atoms with van der Waals surface area (Å²) in [6.07, 6.45) is 3.25. The van der Waals surface area contributed by atoms with Crippen LogP contribution in [0.3, 0.4) is 0 Å². The fourth-order valence-electron chi connectivity index (χ4n) is 1.77. The van der Waals surface area contributed by atoms with E-state index in [2.05, 4.69) is 15.5 Å². The molecule has 0 saturated heterocycles. The van der Waals surface area contributed by atoms with Crippen molar-refractivity contribution in [3.63, 3.8) is 0 Å². The number of carbonyl (C=O) groups is 2. The highest BCUT2D eigenvalue weighted by atomic mass is 16.2. The third kappa shape index (κ3) is 2.68. The molecule has 106 valence electrons. The molecule has 0 unspecified atom stereocenters. The Morgan fingerprint density at radius 1 is 1.40 bits per heavy atom. The van der Waals surface area contributed by atoms with Crippen LogP contribution in [0.15, 0.2) is 18.5 Å². The van der Waals surface area contributed by atoms with Crippen LogP contribution in [0.25, 0.3) is 0 Å². The highest BCUT2D eigenvalue weighted by molar-refractivity contribution is 6.02. The Balaban J connectivity index is 2.17. The summed E-state index contributed by atoms with van der Waals surface area (Å²) >= 11 is 0. The Bertz CT molecular complexity index is 657. The van der Waals surface area contributed by atoms with Crippen molar-refractivity contribution in [3.05, 3.63) is 29.8 Å². The van der Waals surface area contributed by atoms with Gasteiger partial charge < -0.3 is 11.1 Å². The summed E-state index contributed by atoms with van der Waals surface area (Å²) in [7, 11) is 1.64. The van der Waals surface area contributed by atoms with Crippen molar-refractivity contribution in [2.75, 3.05) is 5.32 Å². The minimum atomic E-state index is -0.691. The second-order valence-corrected chi connectivity index (χ2v) is 4.53. The molecule has 0 fully saturated rings. The maximum absolute atomic E-state index is 12.1. The number of nitrogens with one attached hydrogen (secondary N) is 1. The summed E-state index contributed by atoms with van der Waals surface area (Å²) in [6, 6.07) is 1.30. The first kappa shape index (κ1) is 13.8. The molecule has 0 aliphatic rings. The smallest absolute Gasteiger partial charge is 0.271 e. The SMILES string of the molecule is Cc1ccn([C@H](C)C(=O)Nc2cn(C)nc2C(N)=O)n1. The summed E-state index contributed by atoms with van der Waals surface area (Å²) in [6.45, 7) is 3.55. The van der Waals surface area contributed by atoms with E-state index in [4.69, 9.17) is 5.73 Å². The lowest BCUT2D eigenvalue weighted by atomic mass is 10.3. The third-order valence-corrected chi connectivity index (χ3v) is 2.84. The lowest BCUT2D eigenvalue weighted by molar-refractivity contribution is -0.119. The summed E-state index contributed by atoms with van der Waals surface area (Å²) in [5, 5.41) is 10.7. The van der Waals surface area contributed by atoms with Gasteiger partial charge in [0.1, 0.15) is 6.04 Å². The van der Waals surface area contributed by atoms with Crippen LogP contribution >= 0.6 is 0 Å². The van der Waals surface area contributed by atoms with Gasteiger partial charge in [0.15, 0.2) is 5.69 Å². The van der Waals surface area contributed by atoms with Gasteiger partial charge in [0, 0.05) is 19.4 Å². The predicted octanol–water partition coefficient (Wildman–Crippen LogP) is 0.224. The van der Waals surface area contributed by atoms with Gasteiger partial charge in [-0.1, -0.05) is 0 Å². The summed E-state index contributed by atoms with van der Waals surface area (Å²) in [4.78, 5) is 23.4. The van der Waals surface area contributed by atoms with Crippen LogP contribution in [-0.2, 0) is 11.8 Å². The summed E-state index contributed by atoms with van der Waals surface area (Å²) in [5.41, 5.74) is 6.36. The number of primary amides is 1. The highest BCUT2D eigenvalue weighted by Gasteiger charge is 2.20. The summed E-state index contributed by atoms with van der Waals surface area (Å²) in [5.74, 6) is -0.993. The molecule has 2 aromatic rings.